The first-order valence-corrected chi connectivity index (χ1v) is 9.20. The summed E-state index contributed by atoms with van der Waals surface area (Å²) in [5.74, 6) is 0.0284. The van der Waals surface area contributed by atoms with Gasteiger partial charge in [0.1, 0.15) is 0 Å². The van der Waals surface area contributed by atoms with Gasteiger partial charge in [0, 0.05) is 11.4 Å². The third kappa shape index (κ3) is 5.02. The zero-order chi connectivity index (χ0) is 17.5. The normalized spacial score (nSPS) is 12.1. The van der Waals surface area contributed by atoms with E-state index in [0.717, 1.165) is 17.0 Å². The smallest absolute Gasteiger partial charge is 0.234 e. The molecule has 0 aliphatic rings. The van der Waals surface area contributed by atoms with E-state index in [1.807, 2.05) is 59.8 Å². The average molecular weight is 350 g/mol. The van der Waals surface area contributed by atoms with Crippen LogP contribution in [0.3, 0.4) is 0 Å². The number of nitrogens with zero attached hydrogens (tertiary/aromatic N) is 1. The number of carbonyl (C=O) groups excluding carboxylic acids is 1. The maximum Gasteiger partial charge on any atom is 0.234 e. The van der Waals surface area contributed by atoms with Crippen molar-refractivity contribution in [2.45, 2.75) is 12.6 Å². The van der Waals surface area contributed by atoms with Crippen molar-refractivity contribution in [3.05, 3.63) is 94.2 Å². The molecule has 128 valence electrons. The Labute approximate surface area is 152 Å². The first kappa shape index (κ1) is 17.4. The van der Waals surface area contributed by atoms with Gasteiger partial charge in [-0.3, -0.25) is 9.69 Å². The molecule has 3 rings (SSSR count). The minimum absolute atomic E-state index is 0.0284. The number of amides is 1. The number of likely N-dealkylation sites (N-methyl/N-ethyl adjacent to an activating group) is 1. The van der Waals surface area contributed by atoms with Crippen molar-refractivity contribution in [1.29, 1.82) is 0 Å². The molecule has 0 unspecified atom stereocenters. The summed E-state index contributed by atoms with van der Waals surface area (Å²) >= 11 is 1.66. The summed E-state index contributed by atoms with van der Waals surface area (Å²) in [7, 11) is 1.97. The molecule has 4 heteroatoms. The second-order valence-electron chi connectivity index (χ2n) is 6.08. The standard InChI is InChI=1S/C21H22N2OS/c1-23(15-17-9-4-2-5-10-17)16-20(24)22-21(19-13-8-14-25-19)18-11-6-3-7-12-18/h2-14,21H,15-16H2,1H3,(H,22,24)/t21-/m1/s1. The molecule has 1 N–H and O–H groups in total. The number of hydrogen-bond acceptors (Lipinski definition) is 3. The lowest BCUT2D eigenvalue weighted by Crippen LogP contribution is -2.37. The summed E-state index contributed by atoms with van der Waals surface area (Å²) in [6, 6.07) is 24.3. The van der Waals surface area contributed by atoms with Gasteiger partial charge >= 0.3 is 0 Å². The fourth-order valence-electron chi connectivity index (χ4n) is 2.82. The highest BCUT2D eigenvalue weighted by Crippen LogP contribution is 2.25. The van der Waals surface area contributed by atoms with Crippen LogP contribution >= 0.6 is 11.3 Å². The van der Waals surface area contributed by atoms with Gasteiger partial charge in [0.05, 0.1) is 12.6 Å². The number of carbonyl (C=O) groups is 1. The molecule has 1 aromatic heterocycles. The molecule has 0 saturated carbocycles. The summed E-state index contributed by atoms with van der Waals surface area (Å²) in [5, 5.41) is 5.22. The van der Waals surface area contributed by atoms with Gasteiger partial charge in [-0.1, -0.05) is 66.7 Å². The summed E-state index contributed by atoms with van der Waals surface area (Å²) in [4.78, 5) is 15.7. The molecule has 0 aliphatic carbocycles. The Morgan fingerprint density at radius 3 is 2.32 bits per heavy atom. The van der Waals surface area contributed by atoms with Crippen LogP contribution in [0.2, 0.25) is 0 Å². The highest BCUT2D eigenvalue weighted by molar-refractivity contribution is 7.10. The van der Waals surface area contributed by atoms with Gasteiger partial charge in [0.15, 0.2) is 0 Å². The Hall–Kier alpha value is -2.43. The molecule has 1 atom stereocenters. The second kappa shape index (κ2) is 8.60. The number of thiophene rings is 1. The molecule has 0 bridgehead atoms. The minimum Gasteiger partial charge on any atom is -0.343 e. The van der Waals surface area contributed by atoms with Crippen LogP contribution in [-0.4, -0.2) is 24.4 Å². The number of benzene rings is 2. The first-order valence-electron chi connectivity index (χ1n) is 8.32. The molecule has 3 aromatic rings. The van der Waals surface area contributed by atoms with Crippen molar-refractivity contribution in [1.82, 2.24) is 10.2 Å². The van der Waals surface area contributed by atoms with Crippen molar-refractivity contribution < 1.29 is 4.79 Å². The highest BCUT2D eigenvalue weighted by atomic mass is 32.1. The molecule has 0 saturated heterocycles. The molecule has 0 fully saturated rings. The molecule has 0 aliphatic heterocycles. The van der Waals surface area contributed by atoms with Crippen molar-refractivity contribution in [2.75, 3.05) is 13.6 Å². The number of nitrogens with one attached hydrogen (secondary N) is 1. The van der Waals surface area contributed by atoms with Gasteiger partial charge in [-0.2, -0.15) is 0 Å². The topological polar surface area (TPSA) is 32.3 Å². The van der Waals surface area contributed by atoms with E-state index in [2.05, 4.69) is 35.6 Å². The van der Waals surface area contributed by atoms with Gasteiger partial charge in [0.25, 0.3) is 0 Å². The van der Waals surface area contributed by atoms with Crippen LogP contribution in [-0.2, 0) is 11.3 Å². The third-order valence-electron chi connectivity index (χ3n) is 3.97. The molecular weight excluding hydrogens is 328 g/mol. The van der Waals surface area contributed by atoms with E-state index in [1.54, 1.807) is 11.3 Å². The van der Waals surface area contributed by atoms with E-state index in [1.165, 1.54) is 5.56 Å². The van der Waals surface area contributed by atoms with Crippen LogP contribution in [0.4, 0.5) is 0 Å². The van der Waals surface area contributed by atoms with E-state index >= 15 is 0 Å². The Morgan fingerprint density at radius 2 is 1.68 bits per heavy atom. The highest BCUT2D eigenvalue weighted by Gasteiger charge is 2.18. The summed E-state index contributed by atoms with van der Waals surface area (Å²) in [6.45, 7) is 1.12. The van der Waals surface area contributed by atoms with Gasteiger partial charge in [-0.15, -0.1) is 11.3 Å². The van der Waals surface area contributed by atoms with Crippen LogP contribution in [0.5, 0.6) is 0 Å². The predicted octanol–water partition coefficient (Wildman–Crippen LogP) is 4.09. The van der Waals surface area contributed by atoms with E-state index in [0.29, 0.717) is 6.54 Å². The lowest BCUT2D eigenvalue weighted by atomic mass is 10.1. The van der Waals surface area contributed by atoms with Crippen LogP contribution in [0.1, 0.15) is 22.0 Å². The maximum atomic E-state index is 12.6. The van der Waals surface area contributed by atoms with Gasteiger partial charge in [0.2, 0.25) is 5.91 Å². The first-order chi connectivity index (χ1) is 12.2. The molecule has 3 nitrogen and oxygen atoms in total. The molecule has 1 amide bonds. The Morgan fingerprint density at radius 1 is 1.00 bits per heavy atom. The van der Waals surface area contributed by atoms with Crippen molar-refractivity contribution in [3.8, 4) is 0 Å². The molecule has 25 heavy (non-hydrogen) atoms. The largest absolute Gasteiger partial charge is 0.343 e. The van der Waals surface area contributed by atoms with Crippen molar-refractivity contribution >= 4 is 17.2 Å². The molecule has 2 aromatic carbocycles. The monoisotopic (exact) mass is 350 g/mol. The second-order valence-corrected chi connectivity index (χ2v) is 7.06. The van der Waals surface area contributed by atoms with Crippen LogP contribution in [0.15, 0.2) is 78.2 Å². The van der Waals surface area contributed by atoms with Crippen molar-refractivity contribution in [2.24, 2.45) is 0 Å². The zero-order valence-electron chi connectivity index (χ0n) is 14.3. The fraction of sp³-hybridized carbons (Fsp3) is 0.190. The van der Waals surface area contributed by atoms with Crippen LogP contribution in [0, 0.1) is 0 Å². The number of hydrogen-bond donors (Lipinski definition) is 1. The Balaban J connectivity index is 1.64. The SMILES string of the molecule is CN(CC(=O)N[C@H](c1ccccc1)c1cccs1)Cc1ccccc1. The minimum atomic E-state index is -0.0983. The summed E-state index contributed by atoms with van der Waals surface area (Å²) in [5.41, 5.74) is 2.31. The quantitative estimate of drug-likeness (QED) is 0.696. The van der Waals surface area contributed by atoms with Gasteiger partial charge in [-0.05, 0) is 29.6 Å². The van der Waals surface area contributed by atoms with E-state index in [9.17, 15) is 4.79 Å². The maximum absolute atomic E-state index is 12.6. The van der Waals surface area contributed by atoms with Gasteiger partial charge in [-0.25, -0.2) is 0 Å². The van der Waals surface area contributed by atoms with E-state index < -0.39 is 0 Å². The van der Waals surface area contributed by atoms with E-state index in [-0.39, 0.29) is 11.9 Å². The lowest BCUT2D eigenvalue weighted by Gasteiger charge is -2.21. The summed E-state index contributed by atoms with van der Waals surface area (Å²) < 4.78 is 0. The summed E-state index contributed by atoms with van der Waals surface area (Å²) in [6.07, 6.45) is 0. The molecule has 0 spiro atoms. The van der Waals surface area contributed by atoms with Crippen molar-refractivity contribution in [3.63, 3.8) is 0 Å². The predicted molar refractivity (Wildman–Crippen MR) is 104 cm³/mol. The zero-order valence-corrected chi connectivity index (χ0v) is 15.1. The molecule has 1 heterocycles. The number of rotatable bonds is 7. The average Bonchev–Trinajstić information content (AvgIpc) is 3.15. The lowest BCUT2D eigenvalue weighted by molar-refractivity contribution is -0.122. The Kier molecular flexibility index (Phi) is 5.99. The van der Waals surface area contributed by atoms with Crippen LogP contribution in [0.25, 0.3) is 0 Å². The van der Waals surface area contributed by atoms with E-state index in [4.69, 9.17) is 0 Å². The van der Waals surface area contributed by atoms with Gasteiger partial charge < -0.3 is 5.32 Å². The molecular formula is C21H22N2OS. The Bertz CT molecular complexity index is 772. The fourth-order valence-corrected chi connectivity index (χ4v) is 3.63. The third-order valence-corrected chi connectivity index (χ3v) is 4.91. The van der Waals surface area contributed by atoms with Crippen LogP contribution < -0.4 is 5.32 Å². The molecule has 0 radical (unpaired) electrons.